The lowest BCUT2D eigenvalue weighted by Gasteiger charge is -2.11. The molecule has 1 saturated heterocycles. The quantitative estimate of drug-likeness (QED) is 0.271. The normalized spacial score (nSPS) is 17.2. The SMILES string of the molecule is S=c1[nH]nc([C@@H]2CCCO2)n1/N=C\c1c2ccccc2c(Cl)c2ccccc12. The van der Waals surface area contributed by atoms with Crippen molar-refractivity contribution in [1.29, 1.82) is 0 Å². The van der Waals surface area contributed by atoms with Crippen LogP contribution in [0.25, 0.3) is 21.5 Å². The molecule has 2 heterocycles. The van der Waals surface area contributed by atoms with E-state index in [1.165, 1.54) is 0 Å². The van der Waals surface area contributed by atoms with E-state index < -0.39 is 0 Å². The van der Waals surface area contributed by atoms with Gasteiger partial charge in [0.05, 0.1) is 11.2 Å². The van der Waals surface area contributed by atoms with E-state index in [1.807, 2.05) is 42.6 Å². The van der Waals surface area contributed by atoms with Crippen LogP contribution in [0.3, 0.4) is 0 Å². The lowest BCUT2D eigenvalue weighted by Crippen LogP contribution is -2.05. The maximum absolute atomic E-state index is 6.68. The monoisotopic (exact) mass is 408 g/mol. The topological polar surface area (TPSA) is 55.2 Å². The largest absolute Gasteiger partial charge is 0.370 e. The molecule has 5 rings (SSSR count). The lowest BCUT2D eigenvalue weighted by molar-refractivity contribution is 0.102. The Morgan fingerprint density at radius 3 is 2.36 bits per heavy atom. The summed E-state index contributed by atoms with van der Waals surface area (Å²) in [6.07, 6.45) is 3.69. The third-order valence-electron chi connectivity index (χ3n) is 5.10. The highest BCUT2D eigenvalue weighted by Gasteiger charge is 2.23. The zero-order chi connectivity index (χ0) is 19.1. The van der Waals surface area contributed by atoms with Crippen molar-refractivity contribution >= 4 is 51.6 Å². The Bertz CT molecular complexity index is 1210. The van der Waals surface area contributed by atoms with Crippen molar-refractivity contribution < 1.29 is 4.74 Å². The number of halogens is 1. The number of nitrogens with one attached hydrogen (secondary N) is 1. The van der Waals surface area contributed by atoms with Crippen molar-refractivity contribution in [3.63, 3.8) is 0 Å². The van der Waals surface area contributed by atoms with Crippen LogP contribution in [0.1, 0.15) is 30.3 Å². The van der Waals surface area contributed by atoms with Crippen LogP contribution in [0.15, 0.2) is 53.6 Å². The first kappa shape index (κ1) is 17.6. The number of rotatable bonds is 3. The number of fused-ring (bicyclic) bond motifs is 2. The maximum Gasteiger partial charge on any atom is 0.216 e. The van der Waals surface area contributed by atoms with Crippen LogP contribution < -0.4 is 0 Å². The van der Waals surface area contributed by atoms with E-state index in [4.69, 9.17) is 28.6 Å². The molecule has 4 aromatic rings. The molecular weight excluding hydrogens is 392 g/mol. The van der Waals surface area contributed by atoms with Crippen molar-refractivity contribution in [3.05, 3.63) is 69.7 Å². The molecular formula is C21H17ClN4OS. The Labute approximate surface area is 171 Å². The minimum Gasteiger partial charge on any atom is -0.370 e. The first-order valence-corrected chi connectivity index (χ1v) is 9.95. The summed E-state index contributed by atoms with van der Waals surface area (Å²) >= 11 is 12.1. The number of hydrogen-bond donors (Lipinski definition) is 1. The fraction of sp³-hybridized carbons (Fsp3) is 0.190. The van der Waals surface area contributed by atoms with E-state index in [2.05, 4.69) is 27.4 Å². The van der Waals surface area contributed by atoms with Gasteiger partial charge in [-0.2, -0.15) is 14.9 Å². The Balaban J connectivity index is 1.71. The molecule has 0 unspecified atom stereocenters. The van der Waals surface area contributed by atoms with Crippen LogP contribution in [0.5, 0.6) is 0 Å². The van der Waals surface area contributed by atoms with Gasteiger partial charge in [-0.15, -0.1) is 0 Å². The highest BCUT2D eigenvalue weighted by molar-refractivity contribution is 7.71. The number of H-pyrrole nitrogens is 1. The molecule has 1 atom stereocenters. The molecule has 1 aliphatic rings. The van der Waals surface area contributed by atoms with Crippen LogP contribution >= 0.6 is 23.8 Å². The summed E-state index contributed by atoms with van der Waals surface area (Å²) in [6, 6.07) is 16.2. The molecule has 5 nitrogen and oxygen atoms in total. The van der Waals surface area contributed by atoms with Gasteiger partial charge in [-0.3, -0.25) is 5.10 Å². The van der Waals surface area contributed by atoms with Crippen molar-refractivity contribution in [2.24, 2.45) is 5.10 Å². The second kappa shape index (κ2) is 7.13. The minimum atomic E-state index is -0.0798. The summed E-state index contributed by atoms with van der Waals surface area (Å²) < 4.78 is 7.86. The summed E-state index contributed by atoms with van der Waals surface area (Å²) in [5.74, 6) is 0.710. The van der Waals surface area contributed by atoms with E-state index in [0.717, 1.165) is 51.6 Å². The average Bonchev–Trinajstić information content (AvgIpc) is 3.38. The van der Waals surface area contributed by atoms with E-state index in [-0.39, 0.29) is 6.10 Å². The molecule has 0 bridgehead atoms. The molecule has 1 fully saturated rings. The number of hydrogen-bond acceptors (Lipinski definition) is 4. The van der Waals surface area contributed by atoms with Crippen molar-refractivity contribution in [3.8, 4) is 0 Å². The van der Waals surface area contributed by atoms with Gasteiger partial charge in [-0.1, -0.05) is 60.1 Å². The van der Waals surface area contributed by atoms with Gasteiger partial charge < -0.3 is 4.74 Å². The van der Waals surface area contributed by atoms with E-state index in [9.17, 15) is 0 Å². The van der Waals surface area contributed by atoms with Gasteiger partial charge in [0.2, 0.25) is 4.77 Å². The van der Waals surface area contributed by atoms with Crippen LogP contribution in [0.4, 0.5) is 0 Å². The van der Waals surface area contributed by atoms with Crippen molar-refractivity contribution in [1.82, 2.24) is 14.9 Å². The average molecular weight is 409 g/mol. The fourth-order valence-corrected chi connectivity index (χ4v) is 4.28. The van der Waals surface area contributed by atoms with Gasteiger partial charge in [0.1, 0.15) is 6.10 Å². The zero-order valence-corrected chi connectivity index (χ0v) is 16.5. The predicted octanol–water partition coefficient (Wildman–Crippen LogP) is 5.63. The third kappa shape index (κ3) is 2.85. The first-order chi connectivity index (χ1) is 13.7. The van der Waals surface area contributed by atoms with Gasteiger partial charge in [-0.25, -0.2) is 0 Å². The highest BCUT2D eigenvalue weighted by Crippen LogP contribution is 2.35. The van der Waals surface area contributed by atoms with Gasteiger partial charge in [0.25, 0.3) is 0 Å². The van der Waals surface area contributed by atoms with Gasteiger partial charge >= 0.3 is 0 Å². The van der Waals surface area contributed by atoms with Crippen LogP contribution in [-0.4, -0.2) is 27.7 Å². The Hall–Kier alpha value is -2.54. The van der Waals surface area contributed by atoms with E-state index in [1.54, 1.807) is 4.68 Å². The van der Waals surface area contributed by atoms with Crippen LogP contribution in [0.2, 0.25) is 5.02 Å². The molecule has 28 heavy (non-hydrogen) atoms. The second-order valence-corrected chi connectivity index (χ2v) is 7.53. The van der Waals surface area contributed by atoms with Gasteiger partial charge in [0.15, 0.2) is 5.82 Å². The molecule has 0 aliphatic carbocycles. The molecule has 0 radical (unpaired) electrons. The molecule has 1 aliphatic heterocycles. The van der Waals surface area contributed by atoms with Crippen molar-refractivity contribution in [2.75, 3.05) is 6.61 Å². The first-order valence-electron chi connectivity index (χ1n) is 9.16. The number of ether oxygens (including phenoxy) is 1. The minimum absolute atomic E-state index is 0.0798. The molecule has 0 saturated carbocycles. The predicted molar refractivity (Wildman–Crippen MR) is 115 cm³/mol. The number of aromatic nitrogens is 3. The van der Waals surface area contributed by atoms with Crippen molar-refractivity contribution in [2.45, 2.75) is 18.9 Å². The Kier molecular flexibility index (Phi) is 4.47. The smallest absolute Gasteiger partial charge is 0.216 e. The van der Waals surface area contributed by atoms with Gasteiger partial charge in [-0.05, 0) is 35.8 Å². The summed E-state index contributed by atoms with van der Waals surface area (Å²) in [6.45, 7) is 0.737. The third-order valence-corrected chi connectivity index (χ3v) is 5.77. The molecule has 1 aromatic heterocycles. The molecule has 3 aromatic carbocycles. The van der Waals surface area contributed by atoms with Crippen LogP contribution in [0, 0.1) is 4.77 Å². The highest BCUT2D eigenvalue weighted by atomic mass is 35.5. The van der Waals surface area contributed by atoms with Crippen LogP contribution in [-0.2, 0) is 4.74 Å². The molecule has 1 N–H and O–H groups in total. The Morgan fingerprint density at radius 2 is 1.75 bits per heavy atom. The van der Waals surface area contributed by atoms with E-state index >= 15 is 0 Å². The lowest BCUT2D eigenvalue weighted by atomic mass is 9.97. The number of nitrogens with zero attached hydrogens (tertiary/aromatic N) is 3. The summed E-state index contributed by atoms with van der Waals surface area (Å²) in [7, 11) is 0. The molecule has 0 spiro atoms. The molecule has 140 valence electrons. The number of aromatic amines is 1. The maximum atomic E-state index is 6.68. The summed E-state index contributed by atoms with van der Waals surface area (Å²) in [5, 5.41) is 16.7. The molecule has 7 heteroatoms. The zero-order valence-electron chi connectivity index (χ0n) is 14.9. The van der Waals surface area contributed by atoms with E-state index in [0.29, 0.717) is 10.6 Å². The second-order valence-electron chi connectivity index (χ2n) is 6.76. The fourth-order valence-electron chi connectivity index (χ4n) is 3.77. The summed E-state index contributed by atoms with van der Waals surface area (Å²) in [4.78, 5) is 0. The standard InChI is InChI=1S/C21H17ClN4OS/c22-19-15-8-3-1-6-13(15)17(14-7-2-4-9-16(14)19)12-23-26-20(24-25-21(26)28)18-10-5-11-27-18/h1-4,6-9,12,18H,5,10-11H2,(H,25,28)/b23-12-/t18-/m0/s1. The Morgan fingerprint density at radius 1 is 1.11 bits per heavy atom. The van der Waals surface area contributed by atoms with Gasteiger partial charge in [0, 0.05) is 22.9 Å². The summed E-state index contributed by atoms with van der Waals surface area (Å²) in [5.41, 5.74) is 0.997. The number of benzene rings is 3. The molecule has 0 amide bonds.